The Balaban J connectivity index is 0.00000612. The van der Waals surface area contributed by atoms with Crippen LogP contribution in [0.15, 0.2) is 0 Å². The summed E-state index contributed by atoms with van der Waals surface area (Å²) in [6.45, 7) is 0. The van der Waals surface area contributed by atoms with Gasteiger partial charge in [0, 0.05) is 25.7 Å². The van der Waals surface area contributed by atoms with E-state index in [1.807, 2.05) is 0 Å². The summed E-state index contributed by atoms with van der Waals surface area (Å²) < 4.78 is 64.9. The largest absolute Gasteiger partial charge is 1.00 e. The predicted octanol–water partition coefficient (Wildman–Crippen LogP) is -10.7. The summed E-state index contributed by atoms with van der Waals surface area (Å²) in [5.74, 6) is -13.9. The zero-order valence-electron chi connectivity index (χ0n) is 18.6. The Morgan fingerprint density at radius 1 is 0.694 bits per heavy atom. The molecule has 2 rings (SSSR count). The number of carbonyl (C=O) groups excluding carboxylic acids is 6. The van der Waals surface area contributed by atoms with Crippen LogP contribution in [-0.4, -0.2) is 92.6 Å². The number of imide groups is 2. The van der Waals surface area contributed by atoms with Gasteiger partial charge < -0.3 is 19.8 Å². The van der Waals surface area contributed by atoms with Crippen molar-refractivity contribution >= 4 is 77.4 Å². The molecule has 0 spiro atoms. The Morgan fingerprint density at radius 3 is 1.08 bits per heavy atom. The maximum absolute atomic E-state index is 12.2. The summed E-state index contributed by atoms with van der Waals surface area (Å²) in [7, 11) is -11.6. The van der Waals surface area contributed by atoms with Gasteiger partial charge in [0.15, 0.2) is 9.74 Å². The molecule has 16 nitrogen and oxygen atoms in total. The molecule has 0 aromatic heterocycles. The standard InChI is InChI=1S/C14H16N2O14S4.2Na/c17-7-1-2-8(18)15(7)13(11(21)22,5-33(25,26)27)31-32-14(12(23)24,6-34(28,29)30)16-9(19)3-4-10(16)20;;/h1-6H2,(H,21,22)(H,23,24)(H,25,26,27)(H,28,29,30);;/q;2*+1/p-2. The van der Waals surface area contributed by atoms with Crippen LogP contribution >= 0.6 is 21.6 Å². The van der Waals surface area contributed by atoms with Crippen molar-refractivity contribution in [1.29, 1.82) is 0 Å². The van der Waals surface area contributed by atoms with Gasteiger partial charge in [0.25, 0.3) is 20.2 Å². The van der Waals surface area contributed by atoms with Gasteiger partial charge >= 0.3 is 59.1 Å². The van der Waals surface area contributed by atoms with E-state index >= 15 is 0 Å². The second-order valence-electron chi connectivity index (χ2n) is 7.01. The normalized spacial score (nSPS) is 19.8. The van der Waals surface area contributed by atoms with Crippen LogP contribution < -0.4 is 69.3 Å². The first-order valence-electron chi connectivity index (χ1n) is 8.78. The van der Waals surface area contributed by atoms with Gasteiger partial charge in [-0.1, -0.05) is 21.6 Å². The van der Waals surface area contributed by atoms with Crippen LogP contribution in [-0.2, 0) is 49.0 Å². The monoisotopic (exact) mass is 608 g/mol. The maximum atomic E-state index is 12.2. The van der Waals surface area contributed by atoms with E-state index in [2.05, 4.69) is 0 Å². The van der Waals surface area contributed by atoms with E-state index < -0.39 is 124 Å². The first-order valence-corrected chi connectivity index (χ1v) is 14.1. The number of rotatable bonds is 11. The third-order valence-corrected chi connectivity index (χ3v) is 9.99. The molecule has 2 aliphatic heterocycles. The summed E-state index contributed by atoms with van der Waals surface area (Å²) in [5.41, 5.74) is 0. The molecule has 2 aliphatic rings. The topological polar surface area (TPSA) is 264 Å². The molecule has 2 heterocycles. The minimum absolute atomic E-state index is 0. The van der Waals surface area contributed by atoms with Crippen molar-refractivity contribution in [1.82, 2.24) is 9.80 Å². The number of carboxylic acids is 2. The van der Waals surface area contributed by atoms with E-state index in [4.69, 9.17) is 0 Å². The molecule has 0 aliphatic carbocycles. The molecule has 2 saturated heterocycles. The summed E-state index contributed by atoms with van der Waals surface area (Å²) >= 11 is 0. The summed E-state index contributed by atoms with van der Waals surface area (Å²) in [6, 6.07) is 0. The zero-order chi connectivity index (χ0) is 26.3. The molecule has 0 aromatic carbocycles. The second-order valence-corrected chi connectivity index (χ2v) is 12.6. The van der Waals surface area contributed by atoms with Crippen LogP contribution in [0.5, 0.6) is 0 Å². The van der Waals surface area contributed by atoms with E-state index in [1.165, 1.54) is 0 Å². The van der Waals surface area contributed by atoms with Gasteiger partial charge in [0.2, 0.25) is 23.6 Å². The molecule has 36 heavy (non-hydrogen) atoms. The average Bonchev–Trinajstić information content (AvgIpc) is 3.16. The first-order chi connectivity index (χ1) is 15.4. The third kappa shape index (κ3) is 7.65. The Hall–Kier alpha value is -0.260. The number of amides is 4. The van der Waals surface area contributed by atoms with E-state index in [1.54, 1.807) is 0 Å². The van der Waals surface area contributed by atoms with Gasteiger partial charge in [0.1, 0.15) is 11.5 Å². The van der Waals surface area contributed by atoms with Crippen molar-refractivity contribution in [2.24, 2.45) is 0 Å². The van der Waals surface area contributed by atoms with E-state index in [0.29, 0.717) is 0 Å². The maximum Gasteiger partial charge on any atom is 1.00 e. The van der Waals surface area contributed by atoms with Crippen LogP contribution in [0.2, 0.25) is 0 Å². The number of aliphatic carboxylic acids is 2. The fourth-order valence-electron chi connectivity index (χ4n) is 3.21. The van der Waals surface area contributed by atoms with Gasteiger partial charge in [0.05, 0.1) is 11.9 Å². The Morgan fingerprint density at radius 2 is 0.917 bits per heavy atom. The smallest absolute Gasteiger partial charge is 0.547 e. The van der Waals surface area contributed by atoms with Gasteiger partial charge in [-0.25, -0.2) is 0 Å². The van der Waals surface area contributed by atoms with Crippen molar-refractivity contribution in [2.75, 3.05) is 11.5 Å². The van der Waals surface area contributed by atoms with Gasteiger partial charge in [-0.15, -0.1) is 0 Å². The molecule has 22 heteroatoms. The molecule has 0 aromatic rings. The third-order valence-electron chi connectivity index (χ3n) is 4.54. The fourth-order valence-corrected chi connectivity index (χ4v) is 9.49. The summed E-state index contributed by atoms with van der Waals surface area (Å²) in [4.78, 5) is 65.9. The van der Waals surface area contributed by atoms with Crippen molar-refractivity contribution in [3.8, 4) is 0 Å². The number of carbonyl (C=O) groups is 6. The van der Waals surface area contributed by atoms with E-state index in [-0.39, 0.29) is 68.9 Å². The second kappa shape index (κ2) is 12.7. The van der Waals surface area contributed by atoms with Gasteiger partial charge in [-0.05, 0) is 0 Å². The number of hydrogen-bond acceptors (Lipinski definition) is 14. The van der Waals surface area contributed by atoms with Crippen molar-refractivity contribution < 1.29 is 124 Å². The zero-order valence-corrected chi connectivity index (χ0v) is 25.8. The van der Waals surface area contributed by atoms with Crippen LogP contribution in [0.25, 0.3) is 0 Å². The van der Waals surface area contributed by atoms with Crippen LogP contribution in [0, 0.1) is 0 Å². The summed E-state index contributed by atoms with van der Waals surface area (Å²) in [5, 5.41) is 24.1. The van der Waals surface area contributed by atoms with Gasteiger partial charge in [-0.2, -0.15) is 16.8 Å². The van der Waals surface area contributed by atoms with Crippen LogP contribution in [0.4, 0.5) is 0 Å². The van der Waals surface area contributed by atoms with E-state index in [9.17, 15) is 64.9 Å². The van der Waals surface area contributed by atoms with Crippen LogP contribution in [0.3, 0.4) is 0 Å². The van der Waals surface area contributed by atoms with Crippen molar-refractivity contribution in [3.05, 3.63) is 0 Å². The van der Waals surface area contributed by atoms with Gasteiger partial charge in [-0.3, -0.25) is 38.1 Å². The van der Waals surface area contributed by atoms with Crippen LogP contribution in [0.1, 0.15) is 25.7 Å². The Labute approximate surface area is 255 Å². The minimum atomic E-state index is -5.35. The molecule has 4 amide bonds. The Kier molecular flexibility index (Phi) is 12.6. The number of nitrogens with zero attached hydrogens (tertiary/aromatic N) is 2. The number of carboxylic acid groups (broad SMARTS) is 2. The average molecular weight is 609 g/mol. The molecule has 2 atom stereocenters. The molecular formula is C14H14N2Na2O14S4. The van der Waals surface area contributed by atoms with E-state index in [0.717, 1.165) is 0 Å². The van der Waals surface area contributed by atoms with Crippen molar-refractivity contribution in [3.63, 3.8) is 0 Å². The molecule has 0 radical (unpaired) electrons. The number of likely N-dealkylation sites (tertiary alicyclic amines) is 2. The fraction of sp³-hybridized carbons (Fsp3) is 0.571. The quantitative estimate of drug-likeness (QED) is 0.0954. The first kappa shape index (κ1) is 35.7. The predicted molar refractivity (Wildman–Crippen MR) is 106 cm³/mol. The molecule has 2 unspecified atom stereocenters. The Bertz CT molecular complexity index is 1070. The molecule has 0 bridgehead atoms. The molecule has 2 fully saturated rings. The molecule has 0 saturated carbocycles. The summed E-state index contributed by atoms with van der Waals surface area (Å²) in [6.07, 6.45) is -2.37. The molecule has 2 N–H and O–H groups in total. The van der Waals surface area contributed by atoms with Crippen molar-refractivity contribution in [2.45, 2.75) is 35.4 Å². The SMILES string of the molecule is O=C1CCC(=O)N1C(CS(=O)(=O)O)(SSC(CS(=O)(=O)O)(C(=O)[O-])N1C(=O)CCC1=O)C(=O)[O-].[Na+].[Na+]. The molecular weight excluding hydrogens is 594 g/mol. The minimum Gasteiger partial charge on any atom is -0.547 e. The molecule has 190 valence electrons. The number of hydrogen-bond donors (Lipinski definition) is 2.